The molecule has 18 nitrogen and oxygen atoms in total. The van der Waals surface area contributed by atoms with Crippen LogP contribution >= 0.6 is 0 Å². The number of pyridine rings is 6. The first kappa shape index (κ1) is 58.7. The van der Waals surface area contributed by atoms with Gasteiger partial charge in [0.15, 0.2) is 34.5 Å². The van der Waals surface area contributed by atoms with E-state index in [-0.39, 0.29) is 59.7 Å². The van der Waals surface area contributed by atoms with E-state index in [4.69, 9.17) is 17.2 Å². The van der Waals surface area contributed by atoms with E-state index < -0.39 is 69.6 Å². The summed E-state index contributed by atoms with van der Waals surface area (Å²) in [6, 6.07) is 30.7. The fourth-order valence-electron chi connectivity index (χ4n) is 9.96. The van der Waals surface area contributed by atoms with Crippen molar-refractivity contribution in [3.8, 4) is 33.4 Å². The molecule has 0 aliphatic carbocycles. The number of nitrogens with two attached hydrogens (primary N) is 3. The van der Waals surface area contributed by atoms with Crippen molar-refractivity contribution in [2.45, 2.75) is 16.6 Å². The molecular formula is C60H45BF6N15O3. The number of benzene rings is 3. The molecule has 3 atom stereocenters. The number of carbonyl (C=O) groups is 3. The van der Waals surface area contributed by atoms with E-state index in [1.807, 2.05) is 0 Å². The van der Waals surface area contributed by atoms with Gasteiger partial charge in [-0.3, -0.25) is 44.0 Å². The average Bonchev–Trinajstić information content (AvgIpc) is 2.36. The smallest absolute Gasteiger partial charge is 0.266 e. The lowest BCUT2D eigenvalue weighted by Gasteiger charge is -2.26. The van der Waals surface area contributed by atoms with Gasteiger partial charge in [-0.25, -0.2) is 43.1 Å². The quantitative estimate of drug-likeness (QED) is 0.0752. The molecule has 25 heteroatoms. The first-order valence-electron chi connectivity index (χ1n) is 25.2. The summed E-state index contributed by atoms with van der Waals surface area (Å²) in [7, 11) is 4.53. The van der Waals surface area contributed by atoms with E-state index in [0.29, 0.717) is 33.4 Å². The highest BCUT2D eigenvalue weighted by Gasteiger charge is 2.52. The van der Waals surface area contributed by atoms with E-state index >= 15 is 0 Å². The summed E-state index contributed by atoms with van der Waals surface area (Å²) >= 11 is 0. The van der Waals surface area contributed by atoms with Gasteiger partial charge in [-0.2, -0.15) is 13.2 Å². The van der Waals surface area contributed by atoms with Crippen molar-refractivity contribution in [1.82, 2.24) is 44.6 Å². The molecule has 1 unspecified atom stereocenters. The van der Waals surface area contributed by atoms with Crippen LogP contribution in [0, 0.1) is 35.3 Å². The lowest BCUT2D eigenvalue weighted by Crippen LogP contribution is -2.41. The molecule has 0 saturated heterocycles. The SMILES string of the molecule is CN1C(=O)C(c2ccncc2)(c2ccc(F)c(-c3cccnc3F)c2)N=C1N.CN1C(=O)[C@@](c2ccncc2)(c2ccc(F)c(-c3cccnc3F)c2)N=C1N.CN1C(=O)[C@](c2ccncc2)(c2ccc(F)c(-c3cccnc3F)c2)N=C1N.[B]. The van der Waals surface area contributed by atoms with Gasteiger partial charge in [0.2, 0.25) is 17.8 Å². The third-order valence-electron chi connectivity index (χ3n) is 14.3. The number of aromatic nitrogens is 6. The van der Waals surface area contributed by atoms with Crippen LogP contribution in [-0.4, -0.2) is 110 Å². The van der Waals surface area contributed by atoms with Gasteiger partial charge < -0.3 is 17.2 Å². The van der Waals surface area contributed by atoms with Gasteiger partial charge in [0.1, 0.15) is 17.5 Å². The van der Waals surface area contributed by atoms with Crippen LogP contribution in [0.2, 0.25) is 0 Å². The van der Waals surface area contributed by atoms with Crippen LogP contribution in [0.15, 0.2) is 198 Å². The molecule has 3 amide bonds. The second kappa shape index (κ2) is 23.5. The fourth-order valence-corrected chi connectivity index (χ4v) is 9.96. The zero-order valence-electron chi connectivity index (χ0n) is 45.0. The van der Waals surface area contributed by atoms with Gasteiger partial charge in [0.25, 0.3) is 17.7 Å². The molecular weight excluding hydrogens is 1100 g/mol. The molecule has 3 radical (unpaired) electrons. The average molecular weight is 1150 g/mol. The summed E-state index contributed by atoms with van der Waals surface area (Å²) in [5.74, 6) is -5.48. The Morgan fingerprint density at radius 1 is 0.341 bits per heavy atom. The van der Waals surface area contributed by atoms with Crippen molar-refractivity contribution in [2.24, 2.45) is 32.2 Å². The van der Waals surface area contributed by atoms with Gasteiger partial charge in [-0.05, 0) is 143 Å². The Kier molecular flexibility index (Phi) is 16.2. The topological polar surface area (TPSA) is 253 Å². The molecule has 9 aromatic rings. The molecule has 0 fully saturated rings. The molecule has 12 rings (SSSR count). The number of halogens is 6. The minimum absolute atomic E-state index is 0. The highest BCUT2D eigenvalue weighted by atomic mass is 19.1. The standard InChI is InChI=1S/3C20H15F2N5O.B/c3*1-27-18(28)20(26-19(27)23,12-6-9-24-10-7-12)13-4-5-16(21)15(11-13)14-3-2-8-25-17(14)22;/h3*2-11H,1H3,(H2,23,26);/t2*20-;;/m10../s1. The first-order valence-corrected chi connectivity index (χ1v) is 25.2. The van der Waals surface area contributed by atoms with Crippen LogP contribution in [0.4, 0.5) is 26.3 Å². The minimum Gasteiger partial charge on any atom is -0.369 e. The van der Waals surface area contributed by atoms with Crippen LogP contribution in [0.25, 0.3) is 33.4 Å². The molecule has 3 aliphatic rings. The largest absolute Gasteiger partial charge is 0.369 e. The molecule has 0 saturated carbocycles. The highest BCUT2D eigenvalue weighted by Crippen LogP contribution is 2.44. The summed E-state index contributed by atoms with van der Waals surface area (Å²) in [6.07, 6.45) is 13.0. The van der Waals surface area contributed by atoms with Crippen molar-refractivity contribution in [1.29, 1.82) is 0 Å². The second-order valence-corrected chi connectivity index (χ2v) is 19.0. The number of nitrogens with zero attached hydrogens (tertiary/aromatic N) is 12. The van der Waals surface area contributed by atoms with Crippen LogP contribution < -0.4 is 17.2 Å². The number of amides is 3. The molecule has 0 bridgehead atoms. The van der Waals surface area contributed by atoms with E-state index in [2.05, 4.69) is 44.9 Å². The number of likely N-dealkylation sites (N-methyl/N-ethyl adjacent to an activating group) is 3. The normalized spacial score (nSPS) is 18.8. The van der Waals surface area contributed by atoms with Gasteiger partial charge in [-0.15, -0.1) is 0 Å². The molecule has 0 spiro atoms. The maximum atomic E-state index is 14.5. The maximum Gasteiger partial charge on any atom is 0.266 e. The van der Waals surface area contributed by atoms with E-state index in [9.17, 15) is 40.7 Å². The summed E-state index contributed by atoms with van der Waals surface area (Å²) in [5.41, 5.74) is 15.7. The van der Waals surface area contributed by atoms with Gasteiger partial charge >= 0.3 is 0 Å². The van der Waals surface area contributed by atoms with Crippen molar-refractivity contribution in [3.63, 3.8) is 0 Å². The van der Waals surface area contributed by atoms with Gasteiger partial charge in [0, 0.05) is 119 Å². The van der Waals surface area contributed by atoms with Crippen LogP contribution in [0.5, 0.6) is 0 Å². The van der Waals surface area contributed by atoms with Crippen molar-refractivity contribution >= 4 is 44.0 Å². The Bertz CT molecular complexity index is 3740. The Morgan fingerprint density at radius 2 is 0.588 bits per heavy atom. The fraction of sp³-hybridized carbons (Fsp3) is 0.100. The number of guanidine groups is 3. The van der Waals surface area contributed by atoms with Crippen LogP contribution in [0.1, 0.15) is 33.4 Å². The Labute approximate surface area is 482 Å². The number of rotatable bonds is 9. The van der Waals surface area contributed by atoms with Gasteiger partial charge in [0.05, 0.1) is 0 Å². The number of aliphatic imine (C=N–C) groups is 3. The maximum absolute atomic E-state index is 14.5. The lowest BCUT2D eigenvalue weighted by atomic mass is 9.82. The lowest BCUT2D eigenvalue weighted by molar-refractivity contribution is -0.130. The van der Waals surface area contributed by atoms with Crippen molar-refractivity contribution in [2.75, 3.05) is 21.1 Å². The molecule has 3 aromatic carbocycles. The summed E-state index contributed by atoms with van der Waals surface area (Å²) in [5, 5.41) is 0. The van der Waals surface area contributed by atoms with Crippen LogP contribution in [0.3, 0.4) is 0 Å². The van der Waals surface area contributed by atoms with E-state index in [0.717, 1.165) is 0 Å². The summed E-state index contributed by atoms with van der Waals surface area (Å²) in [6.45, 7) is 0. The Balaban J connectivity index is 0.000000152. The van der Waals surface area contributed by atoms with Crippen molar-refractivity contribution in [3.05, 3.63) is 252 Å². The Hall–Kier alpha value is -11.0. The molecule has 6 aromatic heterocycles. The van der Waals surface area contributed by atoms with E-state index in [1.54, 1.807) is 36.4 Å². The number of hydrogen-bond donors (Lipinski definition) is 3. The minimum atomic E-state index is -1.51. The third kappa shape index (κ3) is 10.2. The monoisotopic (exact) mass is 1150 g/mol. The predicted molar refractivity (Wildman–Crippen MR) is 303 cm³/mol. The molecule has 85 heavy (non-hydrogen) atoms. The molecule has 6 N–H and O–H groups in total. The zero-order valence-corrected chi connectivity index (χ0v) is 45.0. The molecule has 3 aliphatic heterocycles. The highest BCUT2D eigenvalue weighted by molar-refractivity contribution is 6.11. The zero-order chi connectivity index (χ0) is 59.7. The first-order chi connectivity index (χ1) is 40.3. The molecule has 9 heterocycles. The molecule has 423 valence electrons. The number of carbonyl (C=O) groups excluding carboxylic acids is 3. The summed E-state index contributed by atoms with van der Waals surface area (Å²) in [4.78, 5) is 79.1. The Morgan fingerprint density at radius 3 is 0.800 bits per heavy atom. The van der Waals surface area contributed by atoms with Crippen molar-refractivity contribution < 1.29 is 40.7 Å². The predicted octanol–water partition coefficient (Wildman–Crippen LogP) is 6.98. The van der Waals surface area contributed by atoms with Gasteiger partial charge in [-0.1, -0.05) is 18.2 Å². The van der Waals surface area contributed by atoms with E-state index in [1.165, 1.54) is 183 Å². The third-order valence-corrected chi connectivity index (χ3v) is 14.3. The number of hydrogen-bond acceptors (Lipinski definition) is 15. The van der Waals surface area contributed by atoms with Crippen LogP contribution in [-0.2, 0) is 31.0 Å². The summed E-state index contributed by atoms with van der Waals surface area (Å²) < 4.78 is 86.1. The second-order valence-electron chi connectivity index (χ2n) is 19.0.